The molecular weight excluding hydrogens is 342 g/mol. The molecule has 1 N–H and O–H groups in total. The molecule has 0 fully saturated rings. The molecule has 2 rings (SSSR count). The molecule has 0 aliphatic rings. The molecule has 0 aliphatic heterocycles. The van der Waals surface area contributed by atoms with Crippen molar-refractivity contribution in [3.8, 4) is 0 Å². The molecule has 2 aromatic rings. The summed E-state index contributed by atoms with van der Waals surface area (Å²) in [5.74, 6) is 0.710. The predicted octanol–water partition coefficient (Wildman–Crippen LogP) is 1.99. The molecule has 0 amide bonds. The zero-order valence-electron chi connectivity index (χ0n) is 9.60. The molecular formula is C9H10BrN3O3S2. The number of rotatable bonds is 4. The standard InChI is InChI=1S/C9H10BrN3O3S2/c1-5-3-8(17-9(5)10)18(14,15)11-4-7-12-6(2)13-16-7/h3,11H,4H2,1-2H3. The average molecular weight is 352 g/mol. The van der Waals surface area contributed by atoms with Gasteiger partial charge in [0.1, 0.15) is 4.21 Å². The lowest BCUT2D eigenvalue weighted by atomic mass is 10.4. The second kappa shape index (κ2) is 5.08. The van der Waals surface area contributed by atoms with Crippen LogP contribution in [0, 0.1) is 13.8 Å². The fourth-order valence-electron chi connectivity index (χ4n) is 1.20. The van der Waals surface area contributed by atoms with Crippen LogP contribution in [0.15, 0.2) is 18.6 Å². The Hall–Kier alpha value is -0.770. The van der Waals surface area contributed by atoms with Crippen molar-refractivity contribution in [3.63, 3.8) is 0 Å². The number of aryl methyl sites for hydroxylation is 2. The third-order valence-corrected chi connectivity index (χ3v) is 6.09. The van der Waals surface area contributed by atoms with Gasteiger partial charge in [0.05, 0.1) is 10.3 Å². The van der Waals surface area contributed by atoms with Crippen LogP contribution in [0.5, 0.6) is 0 Å². The Morgan fingerprint density at radius 2 is 2.22 bits per heavy atom. The summed E-state index contributed by atoms with van der Waals surface area (Å²) in [5.41, 5.74) is 0.883. The van der Waals surface area contributed by atoms with E-state index in [-0.39, 0.29) is 16.6 Å². The van der Waals surface area contributed by atoms with Crippen LogP contribution in [-0.4, -0.2) is 18.6 Å². The van der Waals surface area contributed by atoms with Gasteiger partial charge in [-0.1, -0.05) is 5.16 Å². The van der Waals surface area contributed by atoms with Crippen LogP contribution in [0.25, 0.3) is 0 Å². The highest BCUT2D eigenvalue weighted by atomic mass is 79.9. The van der Waals surface area contributed by atoms with Gasteiger partial charge in [0.15, 0.2) is 5.82 Å². The van der Waals surface area contributed by atoms with Crippen molar-refractivity contribution < 1.29 is 12.9 Å². The first-order valence-electron chi connectivity index (χ1n) is 4.93. The van der Waals surface area contributed by atoms with Gasteiger partial charge >= 0.3 is 0 Å². The number of aromatic nitrogens is 2. The average Bonchev–Trinajstić information content (AvgIpc) is 2.84. The predicted molar refractivity (Wildman–Crippen MR) is 69.8 cm³/mol. The summed E-state index contributed by atoms with van der Waals surface area (Å²) in [5, 5.41) is 3.58. The third-order valence-electron chi connectivity index (χ3n) is 2.08. The smallest absolute Gasteiger partial charge is 0.250 e. The van der Waals surface area contributed by atoms with E-state index in [0.717, 1.165) is 20.7 Å². The van der Waals surface area contributed by atoms with E-state index in [1.807, 2.05) is 6.92 Å². The van der Waals surface area contributed by atoms with Gasteiger partial charge < -0.3 is 4.52 Å². The molecule has 0 saturated heterocycles. The fourth-order valence-corrected chi connectivity index (χ4v) is 4.45. The van der Waals surface area contributed by atoms with Gasteiger partial charge in [-0.25, -0.2) is 13.1 Å². The van der Waals surface area contributed by atoms with Crippen molar-refractivity contribution in [2.75, 3.05) is 0 Å². The fraction of sp³-hybridized carbons (Fsp3) is 0.333. The van der Waals surface area contributed by atoms with E-state index in [1.54, 1.807) is 13.0 Å². The van der Waals surface area contributed by atoms with Gasteiger partial charge in [-0.15, -0.1) is 11.3 Å². The van der Waals surface area contributed by atoms with Crippen LogP contribution < -0.4 is 4.72 Å². The normalized spacial score (nSPS) is 11.9. The largest absolute Gasteiger partial charge is 0.338 e. The summed E-state index contributed by atoms with van der Waals surface area (Å²) >= 11 is 4.45. The van der Waals surface area contributed by atoms with Gasteiger partial charge in [0.2, 0.25) is 5.89 Å². The number of sulfonamides is 1. The second-order valence-corrected chi connectivity index (χ2v) is 7.95. The van der Waals surface area contributed by atoms with Crippen LogP contribution >= 0.6 is 27.3 Å². The SMILES string of the molecule is Cc1noc(CNS(=O)(=O)c2cc(C)c(Br)s2)n1. The Morgan fingerprint density at radius 3 is 2.72 bits per heavy atom. The number of nitrogens with zero attached hydrogens (tertiary/aromatic N) is 2. The summed E-state index contributed by atoms with van der Waals surface area (Å²) in [6.45, 7) is 3.49. The molecule has 0 aliphatic carbocycles. The molecule has 0 radical (unpaired) electrons. The number of nitrogens with one attached hydrogen (secondary N) is 1. The minimum Gasteiger partial charge on any atom is -0.338 e. The number of hydrogen-bond acceptors (Lipinski definition) is 6. The van der Waals surface area contributed by atoms with E-state index < -0.39 is 10.0 Å². The first-order chi connectivity index (χ1) is 8.38. The van der Waals surface area contributed by atoms with E-state index in [2.05, 4.69) is 30.8 Å². The minimum atomic E-state index is -3.54. The van der Waals surface area contributed by atoms with Crippen molar-refractivity contribution in [1.29, 1.82) is 0 Å². The summed E-state index contributed by atoms with van der Waals surface area (Å²) < 4.78 is 32.2. The Bertz CT molecular complexity index is 643. The molecule has 2 heterocycles. The lowest BCUT2D eigenvalue weighted by Gasteiger charge is -2.00. The highest BCUT2D eigenvalue weighted by Gasteiger charge is 2.19. The number of halogens is 1. The molecule has 0 atom stereocenters. The Balaban J connectivity index is 2.12. The van der Waals surface area contributed by atoms with Crippen molar-refractivity contribution >= 4 is 37.3 Å². The van der Waals surface area contributed by atoms with Gasteiger partial charge in [-0.3, -0.25) is 0 Å². The Kier molecular flexibility index (Phi) is 3.85. The van der Waals surface area contributed by atoms with E-state index in [1.165, 1.54) is 0 Å². The quantitative estimate of drug-likeness (QED) is 0.910. The van der Waals surface area contributed by atoms with Crippen molar-refractivity contribution in [2.45, 2.75) is 24.6 Å². The molecule has 2 aromatic heterocycles. The van der Waals surface area contributed by atoms with E-state index >= 15 is 0 Å². The van der Waals surface area contributed by atoms with Crippen molar-refractivity contribution in [3.05, 3.63) is 27.1 Å². The van der Waals surface area contributed by atoms with Crippen LogP contribution in [0.4, 0.5) is 0 Å². The van der Waals surface area contributed by atoms with Crippen molar-refractivity contribution in [1.82, 2.24) is 14.9 Å². The van der Waals surface area contributed by atoms with Gasteiger partial charge in [0, 0.05) is 0 Å². The molecule has 0 aromatic carbocycles. The monoisotopic (exact) mass is 351 g/mol. The maximum Gasteiger partial charge on any atom is 0.250 e. The van der Waals surface area contributed by atoms with Gasteiger partial charge in [-0.2, -0.15) is 4.98 Å². The van der Waals surface area contributed by atoms with Crippen LogP contribution in [-0.2, 0) is 16.6 Å². The summed E-state index contributed by atoms with van der Waals surface area (Å²) in [6, 6.07) is 1.61. The molecule has 9 heteroatoms. The lowest BCUT2D eigenvalue weighted by Crippen LogP contribution is -2.22. The Morgan fingerprint density at radius 1 is 1.50 bits per heavy atom. The van der Waals surface area contributed by atoms with Crippen molar-refractivity contribution in [2.24, 2.45) is 0 Å². The zero-order valence-corrected chi connectivity index (χ0v) is 12.8. The molecule has 98 valence electrons. The summed E-state index contributed by atoms with van der Waals surface area (Å²) in [7, 11) is -3.54. The molecule has 0 bridgehead atoms. The molecule has 0 unspecified atom stereocenters. The highest BCUT2D eigenvalue weighted by Crippen LogP contribution is 2.30. The third kappa shape index (κ3) is 2.97. The van der Waals surface area contributed by atoms with E-state index in [4.69, 9.17) is 4.52 Å². The first kappa shape index (κ1) is 13.7. The van der Waals surface area contributed by atoms with E-state index in [0.29, 0.717) is 5.82 Å². The zero-order chi connectivity index (χ0) is 13.3. The molecule has 0 spiro atoms. The second-order valence-electron chi connectivity index (χ2n) is 3.58. The number of hydrogen-bond donors (Lipinski definition) is 1. The van der Waals surface area contributed by atoms with Crippen LogP contribution in [0.3, 0.4) is 0 Å². The van der Waals surface area contributed by atoms with Gasteiger partial charge in [0.25, 0.3) is 10.0 Å². The van der Waals surface area contributed by atoms with Crippen LogP contribution in [0.1, 0.15) is 17.3 Å². The molecule has 6 nitrogen and oxygen atoms in total. The minimum absolute atomic E-state index is 0.0161. The van der Waals surface area contributed by atoms with Gasteiger partial charge in [-0.05, 0) is 41.4 Å². The maximum atomic E-state index is 12.0. The Labute approximate surface area is 117 Å². The summed E-state index contributed by atoms with van der Waals surface area (Å²) in [4.78, 5) is 3.92. The van der Waals surface area contributed by atoms with Crippen LogP contribution in [0.2, 0.25) is 0 Å². The molecule has 0 saturated carbocycles. The maximum absolute atomic E-state index is 12.0. The summed E-state index contributed by atoms with van der Waals surface area (Å²) in [6.07, 6.45) is 0. The molecule has 18 heavy (non-hydrogen) atoms. The topological polar surface area (TPSA) is 85.1 Å². The lowest BCUT2D eigenvalue weighted by molar-refractivity contribution is 0.372. The highest BCUT2D eigenvalue weighted by molar-refractivity contribution is 9.11. The first-order valence-corrected chi connectivity index (χ1v) is 8.02. The van der Waals surface area contributed by atoms with E-state index in [9.17, 15) is 8.42 Å². The number of thiophene rings is 1.